The van der Waals surface area contributed by atoms with Crippen molar-refractivity contribution in [3.05, 3.63) is 24.9 Å². The molecule has 0 aliphatic rings. The van der Waals surface area contributed by atoms with Gasteiger partial charge in [0.15, 0.2) is 0 Å². The Morgan fingerprint density at radius 3 is 2.05 bits per heavy atom. The highest BCUT2D eigenvalue weighted by atomic mass is 16.5. The van der Waals surface area contributed by atoms with Crippen LogP contribution in [0.5, 0.6) is 0 Å². The summed E-state index contributed by atoms with van der Waals surface area (Å²) in [5, 5.41) is 0. The van der Waals surface area contributed by atoms with Crippen LogP contribution in [0.1, 0.15) is 61.8 Å². The fourth-order valence-corrected chi connectivity index (χ4v) is 1.48. The lowest BCUT2D eigenvalue weighted by Gasteiger charge is -2.34. The van der Waals surface area contributed by atoms with Crippen molar-refractivity contribution in [3.63, 3.8) is 0 Å². The molecule has 0 aromatic heterocycles. The smallest absolute Gasteiger partial charge is 0.302 e. The molecule has 0 radical (unpaired) electrons. The predicted molar refractivity (Wildman–Crippen MR) is 92.6 cm³/mol. The van der Waals surface area contributed by atoms with Crippen molar-refractivity contribution < 1.29 is 9.53 Å². The number of hydrogen-bond donors (Lipinski definition) is 0. The number of aliphatic imine (C=N–C) groups is 1. The van der Waals surface area contributed by atoms with Gasteiger partial charge in [0.2, 0.25) is 0 Å². The molecule has 0 aromatic carbocycles. The summed E-state index contributed by atoms with van der Waals surface area (Å²) in [7, 11) is 0. The highest BCUT2D eigenvalue weighted by Gasteiger charge is 2.31. The number of hydrogen-bond acceptors (Lipinski definition) is 3. The molecule has 0 aliphatic carbocycles. The number of allylic oxidation sites excluding steroid dienone is 2. The molecule has 1 atom stereocenters. The molecular weight excluding hydrogens is 262 g/mol. The van der Waals surface area contributed by atoms with Crippen LogP contribution in [-0.2, 0) is 9.53 Å². The van der Waals surface area contributed by atoms with Crippen LogP contribution in [0.3, 0.4) is 0 Å². The van der Waals surface area contributed by atoms with Gasteiger partial charge in [-0.05, 0) is 24.2 Å². The van der Waals surface area contributed by atoms with Crippen molar-refractivity contribution in [2.75, 3.05) is 0 Å². The minimum absolute atomic E-state index is 0.000000000000000888. The van der Waals surface area contributed by atoms with E-state index in [9.17, 15) is 4.79 Å². The zero-order valence-electron chi connectivity index (χ0n) is 15.1. The third-order valence-electron chi connectivity index (χ3n) is 2.50. The van der Waals surface area contributed by atoms with Gasteiger partial charge in [0.25, 0.3) is 0 Å². The monoisotopic (exact) mass is 295 g/mol. The molecule has 0 fully saturated rings. The molecule has 0 aliphatic heterocycles. The van der Waals surface area contributed by atoms with Crippen molar-refractivity contribution in [3.8, 4) is 0 Å². The van der Waals surface area contributed by atoms with Crippen molar-refractivity contribution in [1.29, 1.82) is 0 Å². The molecule has 0 saturated heterocycles. The first-order chi connectivity index (χ1) is 9.44. The molecule has 3 nitrogen and oxygen atoms in total. The topological polar surface area (TPSA) is 38.7 Å². The summed E-state index contributed by atoms with van der Waals surface area (Å²) in [5.74, 6) is -0.186. The Morgan fingerprint density at radius 2 is 1.76 bits per heavy atom. The van der Waals surface area contributed by atoms with E-state index in [1.807, 2.05) is 13.0 Å². The second-order valence-corrected chi connectivity index (χ2v) is 7.25. The van der Waals surface area contributed by atoms with Crippen molar-refractivity contribution >= 4 is 12.2 Å². The first-order valence-electron chi connectivity index (χ1n) is 7.36. The van der Waals surface area contributed by atoms with Gasteiger partial charge in [0, 0.05) is 19.3 Å². The molecule has 1 unspecified atom stereocenters. The largest absolute Gasteiger partial charge is 0.462 e. The number of nitrogens with zero attached hydrogens (tertiary/aromatic N) is 1. The Morgan fingerprint density at radius 1 is 1.24 bits per heavy atom. The first kappa shape index (κ1) is 21.9. The van der Waals surface area contributed by atoms with E-state index in [1.165, 1.54) is 6.92 Å². The van der Waals surface area contributed by atoms with E-state index in [0.717, 1.165) is 6.42 Å². The Kier molecular flexibility index (Phi) is 10.8. The maximum atomic E-state index is 11.0. The van der Waals surface area contributed by atoms with Crippen molar-refractivity contribution in [2.24, 2.45) is 15.8 Å². The minimum atomic E-state index is -0.186. The highest BCUT2D eigenvalue weighted by Crippen LogP contribution is 2.32. The van der Waals surface area contributed by atoms with Gasteiger partial charge in [0.05, 0.1) is 0 Å². The third-order valence-corrected chi connectivity index (χ3v) is 2.50. The Labute approximate surface area is 131 Å². The van der Waals surface area contributed by atoms with Crippen molar-refractivity contribution in [1.82, 2.24) is 0 Å². The van der Waals surface area contributed by atoms with Crippen molar-refractivity contribution in [2.45, 2.75) is 67.9 Å². The predicted octanol–water partition coefficient (Wildman–Crippen LogP) is 5.18. The fourth-order valence-electron chi connectivity index (χ4n) is 1.48. The standard InChI is InChI=1S/C12H24O2.C6H9N/c1-9(13)14-10(12(5,6)7)8-11(2,3)4;1-3-5-7-6-4-2/h10H,8H2,1-7H3;3-6H,1H2,2H3/b;6-4-,7-5?. The molecular formula is C18H33NO2. The maximum absolute atomic E-state index is 11.0. The van der Waals surface area contributed by atoms with E-state index in [1.54, 1.807) is 18.5 Å². The fraction of sp³-hybridized carbons (Fsp3) is 0.667. The van der Waals surface area contributed by atoms with Crippen LogP contribution in [0.4, 0.5) is 0 Å². The van der Waals surface area contributed by atoms with E-state index < -0.39 is 0 Å². The van der Waals surface area contributed by atoms with Crippen LogP contribution in [-0.4, -0.2) is 18.3 Å². The molecule has 0 N–H and O–H groups in total. The lowest BCUT2D eigenvalue weighted by Crippen LogP contribution is -2.34. The molecule has 3 heteroatoms. The average Bonchev–Trinajstić information content (AvgIpc) is 2.26. The maximum Gasteiger partial charge on any atom is 0.302 e. The number of carbonyl (C=O) groups is 1. The molecule has 0 aromatic rings. The first-order valence-corrected chi connectivity index (χ1v) is 7.36. The zero-order valence-corrected chi connectivity index (χ0v) is 15.1. The summed E-state index contributed by atoms with van der Waals surface area (Å²) < 4.78 is 5.35. The van der Waals surface area contributed by atoms with Gasteiger partial charge in [-0.3, -0.25) is 9.79 Å². The summed E-state index contributed by atoms with van der Waals surface area (Å²) >= 11 is 0. The van der Waals surface area contributed by atoms with Gasteiger partial charge in [-0.25, -0.2) is 0 Å². The van der Waals surface area contributed by atoms with Gasteiger partial charge in [0.1, 0.15) is 6.10 Å². The molecule has 0 spiro atoms. The number of ether oxygens (including phenoxy) is 1. The van der Waals surface area contributed by atoms with E-state index in [-0.39, 0.29) is 22.9 Å². The summed E-state index contributed by atoms with van der Waals surface area (Å²) in [6.07, 6.45) is 7.75. The lowest BCUT2D eigenvalue weighted by molar-refractivity contribution is -0.154. The van der Waals surface area contributed by atoms with Gasteiger partial charge < -0.3 is 4.74 Å². The molecule has 0 rings (SSSR count). The molecule has 0 heterocycles. The van der Waals surface area contributed by atoms with Gasteiger partial charge in [-0.15, -0.1) is 0 Å². The summed E-state index contributed by atoms with van der Waals surface area (Å²) in [6.45, 7) is 19.6. The Hall–Kier alpha value is -1.38. The van der Waals surface area contributed by atoms with E-state index in [0.29, 0.717) is 0 Å². The van der Waals surface area contributed by atoms with Gasteiger partial charge in [-0.1, -0.05) is 60.3 Å². The molecule has 0 bridgehead atoms. The quantitative estimate of drug-likeness (QED) is 0.529. The number of rotatable bonds is 4. The van der Waals surface area contributed by atoms with E-state index in [2.05, 4.69) is 53.1 Å². The highest BCUT2D eigenvalue weighted by molar-refractivity contribution is 5.70. The summed E-state index contributed by atoms with van der Waals surface area (Å²) in [5.41, 5.74) is 0.201. The van der Waals surface area contributed by atoms with Crippen LogP contribution in [0.15, 0.2) is 29.9 Å². The molecule has 122 valence electrons. The third kappa shape index (κ3) is 16.6. The second kappa shape index (κ2) is 10.4. The SMILES string of the molecule is C=CC=N/C=C\C.CC(=O)OC(CC(C)(C)C)C(C)(C)C. The van der Waals surface area contributed by atoms with E-state index >= 15 is 0 Å². The number of carbonyl (C=O) groups excluding carboxylic acids is 1. The van der Waals surface area contributed by atoms with Crippen LogP contribution >= 0.6 is 0 Å². The summed E-state index contributed by atoms with van der Waals surface area (Å²) in [4.78, 5) is 14.7. The Balaban J connectivity index is 0. The normalized spacial score (nSPS) is 13.7. The van der Waals surface area contributed by atoms with Gasteiger partial charge in [-0.2, -0.15) is 0 Å². The van der Waals surface area contributed by atoms with Crippen LogP contribution < -0.4 is 0 Å². The molecule has 21 heavy (non-hydrogen) atoms. The van der Waals surface area contributed by atoms with Crippen LogP contribution in [0.2, 0.25) is 0 Å². The zero-order chi connectivity index (χ0) is 17.1. The van der Waals surface area contributed by atoms with Crippen LogP contribution in [0.25, 0.3) is 0 Å². The summed E-state index contributed by atoms with van der Waals surface area (Å²) in [6, 6.07) is 0. The van der Waals surface area contributed by atoms with E-state index in [4.69, 9.17) is 4.74 Å². The minimum Gasteiger partial charge on any atom is -0.462 e. The molecule has 0 amide bonds. The Bertz CT molecular complexity index is 354. The average molecular weight is 295 g/mol. The van der Waals surface area contributed by atoms with Gasteiger partial charge >= 0.3 is 5.97 Å². The second-order valence-electron chi connectivity index (χ2n) is 7.25. The molecule has 0 saturated carbocycles. The van der Waals surface area contributed by atoms with Crippen LogP contribution in [0, 0.1) is 10.8 Å². The lowest BCUT2D eigenvalue weighted by atomic mass is 9.78. The number of esters is 1.